The summed E-state index contributed by atoms with van der Waals surface area (Å²) in [5, 5.41) is 1.92. The fourth-order valence-electron chi connectivity index (χ4n) is 2.37. The number of sulfone groups is 1. The van der Waals surface area contributed by atoms with Gasteiger partial charge in [0, 0.05) is 0 Å². The highest BCUT2D eigenvalue weighted by Gasteiger charge is 2.30. The average molecular weight is 300 g/mol. The summed E-state index contributed by atoms with van der Waals surface area (Å²) in [6.07, 6.45) is 2.97. The quantitative estimate of drug-likeness (QED) is 0.828. The highest BCUT2D eigenvalue weighted by molar-refractivity contribution is 7.92. The summed E-state index contributed by atoms with van der Waals surface area (Å²) >= 11 is 0. The summed E-state index contributed by atoms with van der Waals surface area (Å²) in [7, 11) is -3.45. The number of halogens is 1. The van der Waals surface area contributed by atoms with Gasteiger partial charge in [-0.3, -0.25) is 4.79 Å². The smallest absolute Gasteiger partial charge is 0.239 e. The molecule has 1 saturated carbocycles. The lowest BCUT2D eigenvalue weighted by molar-refractivity contribution is -0.113. The number of hydrogen-bond donors (Lipinski definition) is 2. The number of hydrogen-bond acceptors (Lipinski definition) is 4. The molecule has 1 fully saturated rings. The third-order valence-electron chi connectivity index (χ3n) is 3.43. The Labute approximate surface area is 117 Å². The van der Waals surface area contributed by atoms with E-state index in [2.05, 4.69) is 5.32 Å². The lowest BCUT2D eigenvalue weighted by Gasteiger charge is -2.12. The maximum atomic E-state index is 13.1. The Morgan fingerprint density at radius 2 is 2.00 bits per heavy atom. The second-order valence-electron chi connectivity index (χ2n) is 4.99. The van der Waals surface area contributed by atoms with Crippen LogP contribution in [0.2, 0.25) is 0 Å². The highest BCUT2D eigenvalue weighted by Crippen LogP contribution is 2.25. The molecular formula is C13H17FN2O3S. The van der Waals surface area contributed by atoms with Crippen LogP contribution in [0.4, 0.5) is 15.8 Å². The Kier molecular flexibility index (Phi) is 4.27. The zero-order valence-electron chi connectivity index (χ0n) is 10.9. The molecule has 1 aromatic carbocycles. The van der Waals surface area contributed by atoms with Gasteiger partial charge in [0.2, 0.25) is 5.91 Å². The topological polar surface area (TPSA) is 89.3 Å². The minimum Gasteiger partial charge on any atom is -0.397 e. The molecule has 0 spiro atoms. The maximum Gasteiger partial charge on any atom is 0.239 e. The number of carbonyl (C=O) groups is 1. The van der Waals surface area contributed by atoms with E-state index in [1.807, 2.05) is 0 Å². The van der Waals surface area contributed by atoms with Gasteiger partial charge < -0.3 is 11.1 Å². The minimum absolute atomic E-state index is 0.0941. The molecule has 110 valence electrons. The number of nitrogens with two attached hydrogens (primary N) is 1. The van der Waals surface area contributed by atoms with Gasteiger partial charge >= 0.3 is 0 Å². The van der Waals surface area contributed by atoms with Gasteiger partial charge in [0.1, 0.15) is 11.6 Å². The first-order valence-corrected chi connectivity index (χ1v) is 8.16. The van der Waals surface area contributed by atoms with Gasteiger partial charge in [-0.1, -0.05) is 12.8 Å². The van der Waals surface area contributed by atoms with Crippen molar-refractivity contribution in [1.29, 1.82) is 0 Å². The summed E-state index contributed by atoms with van der Waals surface area (Å²) in [5.74, 6) is -1.82. The summed E-state index contributed by atoms with van der Waals surface area (Å²) in [6, 6.07) is 3.55. The minimum atomic E-state index is -3.45. The van der Waals surface area contributed by atoms with Crippen LogP contribution in [0.15, 0.2) is 18.2 Å². The van der Waals surface area contributed by atoms with E-state index in [1.54, 1.807) is 0 Å². The van der Waals surface area contributed by atoms with Crippen molar-refractivity contribution in [3.63, 3.8) is 0 Å². The number of nitrogens with one attached hydrogen (secondary N) is 1. The molecule has 3 N–H and O–H groups in total. The predicted molar refractivity (Wildman–Crippen MR) is 75.5 cm³/mol. The van der Waals surface area contributed by atoms with E-state index in [1.165, 1.54) is 12.1 Å². The van der Waals surface area contributed by atoms with Crippen LogP contribution in [0.25, 0.3) is 0 Å². The zero-order valence-corrected chi connectivity index (χ0v) is 11.7. The van der Waals surface area contributed by atoms with Crippen molar-refractivity contribution in [3.8, 4) is 0 Å². The number of anilines is 2. The Balaban J connectivity index is 2.03. The normalized spacial score (nSPS) is 16.2. The molecule has 0 bridgehead atoms. The SMILES string of the molecule is Nc1ccc(F)cc1NC(=O)CS(=O)(=O)C1CCCC1. The number of nitrogen functional groups attached to an aromatic ring is 1. The molecule has 7 heteroatoms. The molecule has 1 amide bonds. The van der Waals surface area contributed by atoms with Gasteiger partial charge in [0.05, 0.1) is 16.6 Å². The Bertz CT molecular complexity index is 610. The second kappa shape index (κ2) is 5.78. The van der Waals surface area contributed by atoms with Gasteiger partial charge in [-0.2, -0.15) is 0 Å². The van der Waals surface area contributed by atoms with Crippen LogP contribution >= 0.6 is 0 Å². The fourth-order valence-corrected chi connectivity index (χ4v) is 4.10. The summed E-state index contributed by atoms with van der Waals surface area (Å²) in [4.78, 5) is 11.8. The van der Waals surface area contributed by atoms with Gasteiger partial charge in [0.25, 0.3) is 0 Å². The lowest BCUT2D eigenvalue weighted by atomic mass is 10.2. The van der Waals surface area contributed by atoms with Crippen molar-refractivity contribution in [2.45, 2.75) is 30.9 Å². The summed E-state index contributed by atoms with van der Waals surface area (Å²) < 4.78 is 37.1. The molecule has 20 heavy (non-hydrogen) atoms. The number of rotatable bonds is 4. The van der Waals surface area contributed by atoms with Crippen LogP contribution in [0, 0.1) is 5.82 Å². The largest absolute Gasteiger partial charge is 0.397 e. The molecule has 2 rings (SSSR count). The van der Waals surface area contributed by atoms with E-state index in [-0.39, 0.29) is 11.4 Å². The number of amides is 1. The molecule has 1 aliphatic carbocycles. The van der Waals surface area contributed by atoms with Crippen molar-refractivity contribution in [1.82, 2.24) is 0 Å². The third kappa shape index (κ3) is 3.47. The molecule has 0 atom stereocenters. The van der Waals surface area contributed by atoms with E-state index in [0.717, 1.165) is 18.9 Å². The third-order valence-corrected chi connectivity index (χ3v) is 5.58. The van der Waals surface area contributed by atoms with Crippen LogP contribution in [-0.2, 0) is 14.6 Å². The molecular weight excluding hydrogens is 283 g/mol. The summed E-state index contributed by atoms with van der Waals surface area (Å²) in [5.41, 5.74) is 5.88. The summed E-state index contributed by atoms with van der Waals surface area (Å²) in [6.45, 7) is 0. The average Bonchev–Trinajstić information content (AvgIpc) is 2.87. The molecule has 0 heterocycles. The molecule has 5 nitrogen and oxygen atoms in total. The molecule has 0 unspecified atom stereocenters. The molecule has 0 saturated heterocycles. The monoisotopic (exact) mass is 300 g/mol. The van der Waals surface area contributed by atoms with Crippen LogP contribution < -0.4 is 11.1 Å². The molecule has 1 aliphatic rings. The van der Waals surface area contributed by atoms with Crippen molar-refractivity contribution >= 4 is 27.1 Å². The van der Waals surface area contributed by atoms with E-state index in [0.29, 0.717) is 12.8 Å². The van der Waals surface area contributed by atoms with Gasteiger partial charge in [0.15, 0.2) is 9.84 Å². The van der Waals surface area contributed by atoms with Crippen LogP contribution in [0.5, 0.6) is 0 Å². The van der Waals surface area contributed by atoms with E-state index < -0.39 is 32.6 Å². The van der Waals surface area contributed by atoms with E-state index in [4.69, 9.17) is 5.73 Å². The van der Waals surface area contributed by atoms with Crippen molar-refractivity contribution < 1.29 is 17.6 Å². The van der Waals surface area contributed by atoms with Crippen LogP contribution in [0.3, 0.4) is 0 Å². The highest BCUT2D eigenvalue weighted by atomic mass is 32.2. The second-order valence-corrected chi connectivity index (χ2v) is 7.27. The van der Waals surface area contributed by atoms with Crippen LogP contribution in [0.1, 0.15) is 25.7 Å². The number of benzene rings is 1. The first kappa shape index (κ1) is 14.8. The maximum absolute atomic E-state index is 13.1. The predicted octanol–water partition coefficient (Wildman–Crippen LogP) is 1.70. The molecule has 0 radical (unpaired) electrons. The van der Waals surface area contributed by atoms with Gasteiger partial charge in [-0.05, 0) is 31.0 Å². The Morgan fingerprint density at radius 3 is 2.65 bits per heavy atom. The van der Waals surface area contributed by atoms with Crippen molar-refractivity contribution in [3.05, 3.63) is 24.0 Å². The Morgan fingerprint density at radius 1 is 1.35 bits per heavy atom. The first-order valence-electron chi connectivity index (χ1n) is 6.45. The van der Waals surface area contributed by atoms with Crippen molar-refractivity contribution in [2.24, 2.45) is 0 Å². The van der Waals surface area contributed by atoms with Crippen molar-refractivity contribution in [2.75, 3.05) is 16.8 Å². The lowest BCUT2D eigenvalue weighted by Crippen LogP contribution is -2.29. The van der Waals surface area contributed by atoms with E-state index in [9.17, 15) is 17.6 Å². The zero-order chi connectivity index (χ0) is 14.8. The first-order chi connectivity index (χ1) is 9.38. The standard InChI is InChI=1S/C13H17FN2O3S/c14-9-5-6-11(15)12(7-9)16-13(17)8-20(18,19)10-3-1-2-4-10/h5-7,10H,1-4,8,15H2,(H,16,17). The molecule has 0 aliphatic heterocycles. The van der Waals surface area contributed by atoms with Gasteiger partial charge in [-0.25, -0.2) is 12.8 Å². The number of carbonyl (C=O) groups excluding carboxylic acids is 1. The molecule has 0 aromatic heterocycles. The van der Waals surface area contributed by atoms with E-state index >= 15 is 0 Å². The Hall–Kier alpha value is -1.63. The fraction of sp³-hybridized carbons (Fsp3) is 0.462. The van der Waals surface area contributed by atoms with Gasteiger partial charge in [-0.15, -0.1) is 0 Å². The van der Waals surface area contributed by atoms with Crippen LogP contribution in [-0.4, -0.2) is 25.3 Å². The molecule has 1 aromatic rings.